The molecule has 0 atom stereocenters. The first-order chi connectivity index (χ1) is 15.2. The molecule has 162 valence electrons. The Morgan fingerprint density at radius 3 is 2.10 bits per heavy atom. The molecule has 0 spiro atoms. The molecule has 10 heteroatoms. The topological polar surface area (TPSA) is 88.3 Å². The Balaban J connectivity index is 1.23. The number of rotatable bonds is 4. The molecule has 0 bridgehead atoms. The zero-order chi connectivity index (χ0) is 21.2. The second-order valence-corrected chi connectivity index (χ2v) is 7.88. The Labute approximate surface area is 181 Å². The highest BCUT2D eigenvalue weighted by molar-refractivity contribution is 5.47. The van der Waals surface area contributed by atoms with Gasteiger partial charge in [0.25, 0.3) is 0 Å². The van der Waals surface area contributed by atoms with Crippen molar-refractivity contribution < 1.29 is 4.74 Å². The summed E-state index contributed by atoms with van der Waals surface area (Å²) in [5, 5.41) is 13.3. The monoisotopic (exact) mass is 421 g/mol. The zero-order valence-corrected chi connectivity index (χ0v) is 18.0. The molecule has 2 aliphatic rings. The number of piperazine rings is 1. The van der Waals surface area contributed by atoms with E-state index < -0.39 is 0 Å². The second-order valence-electron chi connectivity index (χ2n) is 7.88. The third kappa shape index (κ3) is 4.15. The average Bonchev–Trinajstić information content (AvgIpc) is 3.18. The lowest BCUT2D eigenvalue weighted by Gasteiger charge is -2.36. The summed E-state index contributed by atoms with van der Waals surface area (Å²) >= 11 is 0. The quantitative estimate of drug-likeness (QED) is 0.617. The van der Waals surface area contributed by atoms with Gasteiger partial charge >= 0.3 is 0 Å². The molecule has 10 nitrogen and oxygen atoms in total. The highest BCUT2D eigenvalue weighted by Gasteiger charge is 2.21. The fourth-order valence-corrected chi connectivity index (χ4v) is 4.06. The van der Waals surface area contributed by atoms with Gasteiger partial charge in [-0.3, -0.25) is 0 Å². The van der Waals surface area contributed by atoms with E-state index in [4.69, 9.17) is 9.72 Å². The molecule has 5 heterocycles. The van der Waals surface area contributed by atoms with Gasteiger partial charge in [-0.15, -0.1) is 10.2 Å². The van der Waals surface area contributed by atoms with Crippen molar-refractivity contribution in [3.8, 4) is 5.82 Å². The highest BCUT2D eigenvalue weighted by atomic mass is 16.5. The summed E-state index contributed by atoms with van der Waals surface area (Å²) in [7, 11) is 0. The van der Waals surface area contributed by atoms with Crippen LogP contribution in [0.4, 0.5) is 17.6 Å². The molecule has 0 aromatic carbocycles. The van der Waals surface area contributed by atoms with Gasteiger partial charge in [-0.1, -0.05) is 0 Å². The van der Waals surface area contributed by atoms with Crippen LogP contribution in [0.3, 0.4) is 0 Å². The van der Waals surface area contributed by atoms with Crippen molar-refractivity contribution in [2.45, 2.75) is 13.8 Å². The van der Waals surface area contributed by atoms with Crippen LogP contribution in [0.5, 0.6) is 0 Å². The standard InChI is InChI=1S/C21H27N9O/c1-16-15-17(2)30(26-16)20-4-3-19(24-25-20)28-9-7-27(8-10-28)18-5-6-22-21(23-18)29-11-13-31-14-12-29/h3-6,15H,7-14H2,1-2H3. The number of nitrogens with zero attached hydrogens (tertiary/aromatic N) is 9. The number of ether oxygens (including phenoxy) is 1. The predicted octanol–water partition coefficient (Wildman–Crippen LogP) is 1.23. The normalized spacial score (nSPS) is 17.3. The lowest BCUT2D eigenvalue weighted by molar-refractivity contribution is 0.122. The van der Waals surface area contributed by atoms with Crippen LogP contribution in [0, 0.1) is 13.8 Å². The van der Waals surface area contributed by atoms with E-state index in [-0.39, 0.29) is 0 Å². The van der Waals surface area contributed by atoms with Gasteiger partial charge in [0, 0.05) is 51.2 Å². The molecule has 2 saturated heterocycles. The van der Waals surface area contributed by atoms with Gasteiger partial charge in [0.2, 0.25) is 5.95 Å². The molecule has 2 aliphatic heterocycles. The lowest BCUT2D eigenvalue weighted by Crippen LogP contribution is -2.47. The van der Waals surface area contributed by atoms with Gasteiger partial charge in [-0.25, -0.2) is 9.67 Å². The van der Waals surface area contributed by atoms with Crippen molar-refractivity contribution in [3.63, 3.8) is 0 Å². The van der Waals surface area contributed by atoms with E-state index in [0.717, 1.165) is 87.3 Å². The van der Waals surface area contributed by atoms with E-state index in [1.54, 1.807) is 0 Å². The van der Waals surface area contributed by atoms with Crippen molar-refractivity contribution in [1.82, 2.24) is 29.9 Å². The van der Waals surface area contributed by atoms with E-state index in [2.05, 4.69) is 35.0 Å². The zero-order valence-electron chi connectivity index (χ0n) is 18.0. The van der Waals surface area contributed by atoms with Crippen LogP contribution in [-0.4, -0.2) is 82.4 Å². The Hall–Kier alpha value is -3.27. The summed E-state index contributed by atoms with van der Waals surface area (Å²) in [5.41, 5.74) is 2.02. The first kappa shape index (κ1) is 19.7. The fourth-order valence-electron chi connectivity index (χ4n) is 4.06. The van der Waals surface area contributed by atoms with Gasteiger partial charge in [-0.05, 0) is 38.1 Å². The Morgan fingerprint density at radius 2 is 1.45 bits per heavy atom. The van der Waals surface area contributed by atoms with Gasteiger partial charge in [0.05, 0.1) is 18.9 Å². The summed E-state index contributed by atoms with van der Waals surface area (Å²) in [5.74, 6) is 3.39. The van der Waals surface area contributed by atoms with E-state index in [0.29, 0.717) is 0 Å². The third-order valence-electron chi connectivity index (χ3n) is 5.71. The molecule has 0 aliphatic carbocycles. The summed E-state index contributed by atoms with van der Waals surface area (Å²) in [4.78, 5) is 16.0. The minimum atomic E-state index is 0.728. The van der Waals surface area contributed by atoms with Crippen LogP contribution in [0.15, 0.2) is 30.5 Å². The van der Waals surface area contributed by atoms with E-state index in [1.807, 2.05) is 49.0 Å². The molecule has 3 aromatic heterocycles. The van der Waals surface area contributed by atoms with Gasteiger partial charge in [0.1, 0.15) is 5.82 Å². The van der Waals surface area contributed by atoms with Crippen molar-refractivity contribution in [3.05, 3.63) is 41.9 Å². The molecule has 0 unspecified atom stereocenters. The Bertz CT molecular complexity index is 1020. The van der Waals surface area contributed by atoms with Crippen LogP contribution in [0.2, 0.25) is 0 Å². The minimum absolute atomic E-state index is 0.728. The van der Waals surface area contributed by atoms with E-state index in [9.17, 15) is 0 Å². The minimum Gasteiger partial charge on any atom is -0.378 e. The fraction of sp³-hybridized carbons (Fsp3) is 0.476. The van der Waals surface area contributed by atoms with Crippen molar-refractivity contribution in [2.75, 3.05) is 67.2 Å². The number of hydrogen-bond acceptors (Lipinski definition) is 9. The Morgan fingerprint density at radius 1 is 0.774 bits per heavy atom. The molecule has 3 aromatic rings. The van der Waals surface area contributed by atoms with Gasteiger partial charge < -0.3 is 19.4 Å². The second kappa shape index (κ2) is 8.46. The SMILES string of the molecule is Cc1cc(C)n(-c2ccc(N3CCN(c4ccnc(N5CCOCC5)n4)CC3)nn2)n1. The molecule has 0 N–H and O–H groups in total. The molecule has 0 amide bonds. The first-order valence-electron chi connectivity index (χ1n) is 10.7. The lowest BCUT2D eigenvalue weighted by atomic mass is 10.3. The summed E-state index contributed by atoms with van der Waals surface area (Å²) in [6.07, 6.45) is 1.85. The van der Waals surface area contributed by atoms with Gasteiger partial charge in [0.15, 0.2) is 11.6 Å². The maximum atomic E-state index is 5.43. The largest absolute Gasteiger partial charge is 0.378 e. The van der Waals surface area contributed by atoms with Crippen molar-refractivity contribution in [2.24, 2.45) is 0 Å². The number of morpholine rings is 1. The molecule has 5 rings (SSSR count). The van der Waals surface area contributed by atoms with Crippen LogP contribution >= 0.6 is 0 Å². The van der Waals surface area contributed by atoms with Crippen LogP contribution in [0.25, 0.3) is 5.82 Å². The predicted molar refractivity (Wildman–Crippen MR) is 118 cm³/mol. The number of hydrogen-bond donors (Lipinski definition) is 0. The smallest absolute Gasteiger partial charge is 0.227 e. The average molecular weight is 422 g/mol. The molecule has 2 fully saturated rings. The molecular weight excluding hydrogens is 394 g/mol. The first-order valence-corrected chi connectivity index (χ1v) is 10.7. The maximum absolute atomic E-state index is 5.43. The maximum Gasteiger partial charge on any atom is 0.227 e. The van der Waals surface area contributed by atoms with Crippen LogP contribution in [0.1, 0.15) is 11.4 Å². The molecule has 0 saturated carbocycles. The van der Waals surface area contributed by atoms with Crippen molar-refractivity contribution in [1.29, 1.82) is 0 Å². The Kier molecular flexibility index (Phi) is 5.37. The summed E-state index contributed by atoms with van der Waals surface area (Å²) in [6, 6.07) is 8.03. The third-order valence-corrected chi connectivity index (χ3v) is 5.71. The van der Waals surface area contributed by atoms with Crippen LogP contribution in [-0.2, 0) is 4.74 Å². The van der Waals surface area contributed by atoms with E-state index >= 15 is 0 Å². The number of aryl methyl sites for hydroxylation is 2. The number of anilines is 3. The summed E-state index contributed by atoms with van der Waals surface area (Å²) < 4.78 is 7.26. The highest BCUT2D eigenvalue weighted by Crippen LogP contribution is 2.20. The van der Waals surface area contributed by atoms with Crippen molar-refractivity contribution >= 4 is 17.6 Å². The molecule has 31 heavy (non-hydrogen) atoms. The number of aromatic nitrogens is 6. The van der Waals surface area contributed by atoms with E-state index in [1.165, 1.54) is 0 Å². The molecular formula is C21H27N9O. The summed E-state index contributed by atoms with van der Waals surface area (Å²) in [6.45, 7) is 10.6. The van der Waals surface area contributed by atoms with Crippen LogP contribution < -0.4 is 14.7 Å². The molecule has 0 radical (unpaired) electrons. The van der Waals surface area contributed by atoms with Gasteiger partial charge in [-0.2, -0.15) is 10.1 Å².